The maximum Gasteiger partial charge on any atom is 0.411 e. The zero-order valence-electron chi connectivity index (χ0n) is 11.7. The van der Waals surface area contributed by atoms with Gasteiger partial charge in [0.2, 0.25) is 0 Å². The average molecular weight is 317 g/mol. The lowest BCUT2D eigenvalue weighted by molar-refractivity contribution is -0.149. The molecule has 0 aromatic heterocycles. The van der Waals surface area contributed by atoms with Gasteiger partial charge < -0.3 is 9.47 Å². The number of halogens is 3. The maximum atomic E-state index is 12.8. The van der Waals surface area contributed by atoms with Gasteiger partial charge in [-0.1, -0.05) is 30.3 Å². The highest BCUT2D eigenvalue weighted by molar-refractivity contribution is 5.88. The standard InChI is InChI=1S/C14H14F3NO4/c1-2-21-12(19)10-11(14(15,16)17)18(10)13(20)22-8-9-6-4-3-5-7-9/h3-7,10-11H,2,8H2,1H3/t10-,11+,18?/m1/s1. The Morgan fingerprint density at radius 1 is 1.18 bits per heavy atom. The molecule has 0 unspecified atom stereocenters. The van der Waals surface area contributed by atoms with Crippen LogP contribution in [0.4, 0.5) is 18.0 Å². The first kappa shape index (κ1) is 16.1. The van der Waals surface area contributed by atoms with Crippen LogP contribution in [0.25, 0.3) is 0 Å². The number of hydrogen-bond donors (Lipinski definition) is 0. The molecule has 1 aliphatic heterocycles. The summed E-state index contributed by atoms with van der Waals surface area (Å²) in [5, 5.41) is 0. The van der Waals surface area contributed by atoms with Gasteiger partial charge in [0.15, 0.2) is 12.1 Å². The Kier molecular flexibility index (Phi) is 4.58. The normalized spacial score (nSPS) is 20.5. The Bertz CT molecular complexity index is 547. The molecule has 1 aromatic rings. The van der Waals surface area contributed by atoms with Crippen LogP contribution in [0.1, 0.15) is 12.5 Å². The largest absolute Gasteiger partial charge is 0.464 e. The number of amides is 1. The molecule has 0 N–H and O–H groups in total. The molecule has 0 spiro atoms. The number of carbonyl (C=O) groups excluding carboxylic acids is 2. The Morgan fingerprint density at radius 2 is 1.82 bits per heavy atom. The summed E-state index contributed by atoms with van der Waals surface area (Å²) in [5.41, 5.74) is 0.633. The molecule has 1 aliphatic rings. The smallest absolute Gasteiger partial charge is 0.411 e. The Morgan fingerprint density at radius 3 is 2.36 bits per heavy atom. The third kappa shape index (κ3) is 3.49. The Labute approximate surface area is 124 Å². The molecular weight excluding hydrogens is 303 g/mol. The van der Waals surface area contributed by atoms with Gasteiger partial charge in [-0.2, -0.15) is 13.2 Å². The Hall–Kier alpha value is -2.25. The van der Waals surface area contributed by atoms with E-state index in [1.807, 2.05) is 0 Å². The number of hydrogen-bond acceptors (Lipinski definition) is 4. The van der Waals surface area contributed by atoms with E-state index in [0.29, 0.717) is 10.5 Å². The minimum Gasteiger partial charge on any atom is -0.464 e. The van der Waals surface area contributed by atoms with Crippen molar-refractivity contribution in [3.8, 4) is 0 Å². The lowest BCUT2D eigenvalue weighted by atomic mass is 10.2. The van der Waals surface area contributed by atoms with E-state index in [1.54, 1.807) is 30.3 Å². The quantitative estimate of drug-likeness (QED) is 0.632. The summed E-state index contributed by atoms with van der Waals surface area (Å²) in [6, 6.07) is 4.66. The molecule has 0 radical (unpaired) electrons. The molecule has 1 heterocycles. The van der Waals surface area contributed by atoms with Crippen LogP contribution in [0.2, 0.25) is 0 Å². The van der Waals surface area contributed by atoms with Crippen molar-refractivity contribution >= 4 is 12.1 Å². The number of carbonyl (C=O) groups is 2. The van der Waals surface area contributed by atoms with Crippen LogP contribution in [-0.4, -0.2) is 41.8 Å². The fourth-order valence-corrected chi connectivity index (χ4v) is 2.06. The highest BCUT2D eigenvalue weighted by Crippen LogP contribution is 2.42. The zero-order valence-corrected chi connectivity index (χ0v) is 11.7. The van der Waals surface area contributed by atoms with Crippen LogP contribution in [0.3, 0.4) is 0 Å². The van der Waals surface area contributed by atoms with E-state index < -0.39 is 30.3 Å². The maximum absolute atomic E-state index is 12.8. The SMILES string of the molecule is CCOC(=O)[C@H]1[C@@H](C(F)(F)F)N1C(=O)OCc1ccccc1. The number of nitrogens with zero attached hydrogens (tertiary/aromatic N) is 1. The van der Waals surface area contributed by atoms with Crippen molar-refractivity contribution in [3.05, 3.63) is 35.9 Å². The van der Waals surface area contributed by atoms with Gasteiger partial charge in [-0.25, -0.2) is 9.59 Å². The molecule has 1 aromatic carbocycles. The zero-order chi connectivity index (χ0) is 16.3. The highest BCUT2D eigenvalue weighted by atomic mass is 19.4. The molecule has 0 aliphatic carbocycles. The highest BCUT2D eigenvalue weighted by Gasteiger charge is 2.70. The summed E-state index contributed by atoms with van der Waals surface area (Å²) < 4.78 is 47.8. The summed E-state index contributed by atoms with van der Waals surface area (Å²) in [6.07, 6.45) is -5.90. The van der Waals surface area contributed by atoms with Gasteiger partial charge in [0.05, 0.1) is 6.61 Å². The third-order valence-electron chi connectivity index (χ3n) is 3.09. The van der Waals surface area contributed by atoms with E-state index in [-0.39, 0.29) is 13.2 Å². The van der Waals surface area contributed by atoms with Crippen LogP contribution >= 0.6 is 0 Å². The van der Waals surface area contributed by atoms with Gasteiger partial charge in [0.1, 0.15) is 6.61 Å². The fourth-order valence-electron chi connectivity index (χ4n) is 2.06. The van der Waals surface area contributed by atoms with Crippen LogP contribution in [0.5, 0.6) is 0 Å². The summed E-state index contributed by atoms with van der Waals surface area (Å²) in [5.74, 6) is -1.08. The molecule has 1 saturated heterocycles. The first-order valence-electron chi connectivity index (χ1n) is 6.58. The minimum absolute atomic E-state index is 0.0627. The van der Waals surface area contributed by atoms with Gasteiger partial charge >= 0.3 is 18.2 Å². The van der Waals surface area contributed by atoms with Crippen molar-refractivity contribution in [2.75, 3.05) is 6.61 Å². The van der Waals surface area contributed by atoms with Crippen molar-refractivity contribution in [3.63, 3.8) is 0 Å². The lowest BCUT2D eigenvalue weighted by Crippen LogP contribution is -2.25. The number of esters is 1. The second-order valence-corrected chi connectivity index (χ2v) is 4.63. The predicted molar refractivity (Wildman–Crippen MR) is 68.7 cm³/mol. The van der Waals surface area contributed by atoms with Crippen molar-refractivity contribution < 1.29 is 32.2 Å². The molecule has 1 amide bonds. The van der Waals surface area contributed by atoms with E-state index in [2.05, 4.69) is 4.74 Å². The van der Waals surface area contributed by atoms with Crippen LogP contribution < -0.4 is 0 Å². The number of rotatable bonds is 4. The molecular formula is C14H14F3NO4. The molecule has 5 nitrogen and oxygen atoms in total. The number of ether oxygens (including phenoxy) is 2. The second-order valence-electron chi connectivity index (χ2n) is 4.63. The molecule has 8 heteroatoms. The number of alkyl halides is 3. The van der Waals surface area contributed by atoms with Crippen LogP contribution in [0, 0.1) is 0 Å². The molecule has 22 heavy (non-hydrogen) atoms. The van der Waals surface area contributed by atoms with E-state index in [9.17, 15) is 22.8 Å². The summed E-state index contributed by atoms with van der Waals surface area (Å²) in [6.45, 7) is 1.24. The van der Waals surface area contributed by atoms with Crippen LogP contribution in [0.15, 0.2) is 30.3 Å². The minimum atomic E-state index is -4.71. The first-order chi connectivity index (χ1) is 10.4. The van der Waals surface area contributed by atoms with E-state index in [4.69, 9.17) is 4.74 Å². The average Bonchev–Trinajstić information content (AvgIpc) is 3.22. The van der Waals surface area contributed by atoms with Gasteiger partial charge in [-0.3, -0.25) is 4.90 Å². The predicted octanol–water partition coefficient (Wildman–Crippen LogP) is 2.50. The van der Waals surface area contributed by atoms with Crippen LogP contribution in [-0.2, 0) is 20.9 Å². The van der Waals surface area contributed by atoms with E-state index >= 15 is 0 Å². The first-order valence-corrected chi connectivity index (χ1v) is 6.58. The topological polar surface area (TPSA) is 55.6 Å². The van der Waals surface area contributed by atoms with E-state index in [1.165, 1.54) is 6.92 Å². The third-order valence-corrected chi connectivity index (χ3v) is 3.09. The summed E-state index contributed by atoms with van der Waals surface area (Å²) >= 11 is 0. The van der Waals surface area contributed by atoms with Crippen molar-refractivity contribution in [2.24, 2.45) is 0 Å². The lowest BCUT2D eigenvalue weighted by Gasteiger charge is -2.08. The molecule has 120 valence electrons. The van der Waals surface area contributed by atoms with Crippen molar-refractivity contribution in [1.29, 1.82) is 0 Å². The fraction of sp³-hybridized carbons (Fsp3) is 0.429. The second kappa shape index (κ2) is 6.25. The molecule has 0 bridgehead atoms. The van der Waals surface area contributed by atoms with Gasteiger partial charge in [0, 0.05) is 0 Å². The van der Waals surface area contributed by atoms with E-state index in [0.717, 1.165) is 0 Å². The van der Waals surface area contributed by atoms with Crippen molar-refractivity contribution in [1.82, 2.24) is 4.90 Å². The molecule has 0 saturated carbocycles. The summed E-state index contributed by atoms with van der Waals surface area (Å²) in [4.78, 5) is 23.6. The van der Waals surface area contributed by atoms with Gasteiger partial charge in [-0.05, 0) is 12.5 Å². The van der Waals surface area contributed by atoms with Crippen molar-refractivity contribution in [2.45, 2.75) is 31.8 Å². The summed E-state index contributed by atoms with van der Waals surface area (Å²) in [7, 11) is 0. The molecule has 2 atom stereocenters. The monoisotopic (exact) mass is 317 g/mol. The Balaban J connectivity index is 1.99. The van der Waals surface area contributed by atoms with Gasteiger partial charge in [-0.15, -0.1) is 0 Å². The number of benzene rings is 1. The molecule has 2 rings (SSSR count). The van der Waals surface area contributed by atoms with Gasteiger partial charge in [0.25, 0.3) is 0 Å². The molecule has 1 fully saturated rings.